The van der Waals surface area contributed by atoms with Gasteiger partial charge in [-0.2, -0.15) is 11.8 Å². The predicted molar refractivity (Wildman–Crippen MR) is 96.0 cm³/mol. The molecule has 0 aliphatic carbocycles. The largest absolute Gasteiger partial charge is 0.362 e. The summed E-state index contributed by atoms with van der Waals surface area (Å²) >= 11 is 7.30. The van der Waals surface area contributed by atoms with Crippen molar-refractivity contribution in [1.82, 2.24) is 5.32 Å². The third-order valence-electron chi connectivity index (χ3n) is 3.23. The Labute approximate surface area is 130 Å². The topological polar surface area (TPSA) is 15.3 Å². The van der Waals surface area contributed by atoms with E-state index in [2.05, 4.69) is 54.0 Å². The summed E-state index contributed by atoms with van der Waals surface area (Å²) in [5.74, 6) is 1.16. The standard InChI is InChI=1S/C16H20N2S2/c1-18(16(19)17-10-5-11-20-2)15-9-8-13-6-3-4-7-14(13)12-15/h3-4,6-9,12H,5,10-11H2,1-2H3,(H,17,19). The molecule has 0 bridgehead atoms. The first-order valence-corrected chi connectivity index (χ1v) is 8.52. The third-order valence-corrected chi connectivity index (χ3v) is 4.34. The minimum Gasteiger partial charge on any atom is -0.362 e. The van der Waals surface area contributed by atoms with Crippen molar-refractivity contribution in [2.24, 2.45) is 0 Å². The van der Waals surface area contributed by atoms with E-state index < -0.39 is 0 Å². The van der Waals surface area contributed by atoms with Gasteiger partial charge < -0.3 is 10.2 Å². The molecule has 0 aliphatic rings. The van der Waals surface area contributed by atoms with E-state index in [1.54, 1.807) is 0 Å². The maximum atomic E-state index is 5.44. The summed E-state index contributed by atoms with van der Waals surface area (Å²) < 4.78 is 0. The van der Waals surface area contributed by atoms with Gasteiger partial charge in [0.25, 0.3) is 0 Å². The number of hydrogen-bond donors (Lipinski definition) is 1. The van der Waals surface area contributed by atoms with Gasteiger partial charge in [0.05, 0.1) is 0 Å². The summed E-state index contributed by atoms with van der Waals surface area (Å²) in [5, 5.41) is 6.58. The van der Waals surface area contributed by atoms with Gasteiger partial charge in [0, 0.05) is 19.3 Å². The maximum Gasteiger partial charge on any atom is 0.173 e. The van der Waals surface area contributed by atoms with Crippen LogP contribution >= 0.6 is 24.0 Å². The molecule has 4 heteroatoms. The van der Waals surface area contributed by atoms with Crippen molar-refractivity contribution >= 4 is 45.6 Å². The van der Waals surface area contributed by atoms with Crippen molar-refractivity contribution in [3.63, 3.8) is 0 Å². The molecular formula is C16H20N2S2. The first-order chi connectivity index (χ1) is 9.72. The minimum atomic E-state index is 0.779. The highest BCUT2D eigenvalue weighted by atomic mass is 32.2. The van der Waals surface area contributed by atoms with Crippen LogP contribution in [0.5, 0.6) is 0 Å². The molecule has 106 valence electrons. The Kier molecular flexibility index (Phi) is 5.68. The van der Waals surface area contributed by atoms with Gasteiger partial charge in [-0.05, 0) is 53.6 Å². The van der Waals surface area contributed by atoms with Crippen LogP contribution in [0.2, 0.25) is 0 Å². The third kappa shape index (κ3) is 3.87. The minimum absolute atomic E-state index is 0.779. The van der Waals surface area contributed by atoms with Crippen LogP contribution in [0.1, 0.15) is 6.42 Å². The number of benzene rings is 2. The lowest BCUT2D eigenvalue weighted by Crippen LogP contribution is -2.37. The van der Waals surface area contributed by atoms with Crippen LogP contribution in [0.25, 0.3) is 10.8 Å². The summed E-state index contributed by atoms with van der Waals surface area (Å²) in [6.45, 7) is 0.928. The van der Waals surface area contributed by atoms with Gasteiger partial charge in [-0.15, -0.1) is 0 Å². The van der Waals surface area contributed by atoms with Crippen LogP contribution in [0.4, 0.5) is 5.69 Å². The van der Waals surface area contributed by atoms with E-state index in [-0.39, 0.29) is 0 Å². The van der Waals surface area contributed by atoms with E-state index in [9.17, 15) is 0 Å². The molecule has 0 amide bonds. The summed E-state index contributed by atoms with van der Waals surface area (Å²) in [4.78, 5) is 2.03. The number of thiocarbonyl (C=S) groups is 1. The highest BCUT2D eigenvalue weighted by Gasteiger charge is 2.06. The molecular weight excluding hydrogens is 284 g/mol. The fraction of sp³-hybridized carbons (Fsp3) is 0.312. The maximum absolute atomic E-state index is 5.44. The van der Waals surface area contributed by atoms with Crippen molar-refractivity contribution in [3.05, 3.63) is 42.5 Å². The number of thioether (sulfide) groups is 1. The number of fused-ring (bicyclic) bond motifs is 1. The summed E-state index contributed by atoms with van der Waals surface area (Å²) in [6.07, 6.45) is 3.26. The van der Waals surface area contributed by atoms with Gasteiger partial charge in [-0.1, -0.05) is 30.3 Å². The zero-order chi connectivity index (χ0) is 14.4. The lowest BCUT2D eigenvalue weighted by Gasteiger charge is -2.21. The highest BCUT2D eigenvalue weighted by molar-refractivity contribution is 7.98. The van der Waals surface area contributed by atoms with Crippen LogP contribution in [-0.4, -0.2) is 30.7 Å². The van der Waals surface area contributed by atoms with Crippen molar-refractivity contribution in [2.75, 3.05) is 30.5 Å². The molecule has 0 unspecified atom stereocenters. The second-order valence-electron chi connectivity index (χ2n) is 4.67. The van der Waals surface area contributed by atoms with Crippen LogP contribution in [0.15, 0.2) is 42.5 Å². The number of nitrogens with one attached hydrogen (secondary N) is 1. The fourth-order valence-corrected chi connectivity index (χ4v) is 2.67. The van der Waals surface area contributed by atoms with Gasteiger partial charge in [0.1, 0.15) is 0 Å². The molecule has 0 aromatic heterocycles. The Bertz CT molecular complexity index is 583. The van der Waals surface area contributed by atoms with Crippen molar-refractivity contribution in [1.29, 1.82) is 0 Å². The average Bonchev–Trinajstić information content (AvgIpc) is 2.50. The molecule has 2 rings (SSSR count). The normalized spacial score (nSPS) is 10.5. The molecule has 0 radical (unpaired) electrons. The molecule has 0 atom stereocenters. The Balaban J connectivity index is 2.02. The number of rotatable bonds is 5. The highest BCUT2D eigenvalue weighted by Crippen LogP contribution is 2.21. The smallest absolute Gasteiger partial charge is 0.173 e. The van der Waals surface area contributed by atoms with E-state index >= 15 is 0 Å². The summed E-state index contributed by atoms with van der Waals surface area (Å²) in [5.41, 5.74) is 1.12. The molecule has 20 heavy (non-hydrogen) atoms. The number of nitrogens with zero attached hydrogens (tertiary/aromatic N) is 1. The average molecular weight is 304 g/mol. The van der Waals surface area contributed by atoms with E-state index in [1.807, 2.05) is 23.7 Å². The molecule has 1 N–H and O–H groups in total. The van der Waals surface area contributed by atoms with Crippen molar-refractivity contribution in [3.8, 4) is 0 Å². The molecule has 0 heterocycles. The molecule has 0 saturated carbocycles. The monoisotopic (exact) mass is 304 g/mol. The lowest BCUT2D eigenvalue weighted by atomic mass is 10.1. The Morgan fingerprint density at radius 1 is 1.20 bits per heavy atom. The quantitative estimate of drug-likeness (QED) is 0.665. The van der Waals surface area contributed by atoms with Crippen LogP contribution in [-0.2, 0) is 0 Å². The molecule has 2 aromatic rings. The van der Waals surface area contributed by atoms with E-state index in [1.165, 1.54) is 10.8 Å². The molecule has 0 fully saturated rings. The van der Waals surface area contributed by atoms with Gasteiger partial charge in [0.15, 0.2) is 5.11 Å². The van der Waals surface area contributed by atoms with Gasteiger partial charge in [-0.25, -0.2) is 0 Å². The Morgan fingerprint density at radius 2 is 1.95 bits per heavy atom. The summed E-state index contributed by atoms with van der Waals surface area (Å²) in [6, 6.07) is 14.8. The molecule has 2 aromatic carbocycles. The molecule has 0 spiro atoms. The second kappa shape index (κ2) is 7.50. The lowest BCUT2D eigenvalue weighted by molar-refractivity contribution is 0.845. The Hall–Kier alpha value is -1.26. The van der Waals surface area contributed by atoms with Gasteiger partial charge in [0.2, 0.25) is 0 Å². The number of hydrogen-bond acceptors (Lipinski definition) is 2. The van der Waals surface area contributed by atoms with Crippen molar-refractivity contribution in [2.45, 2.75) is 6.42 Å². The van der Waals surface area contributed by atoms with Crippen molar-refractivity contribution < 1.29 is 0 Å². The van der Waals surface area contributed by atoms with E-state index in [0.717, 1.165) is 29.5 Å². The molecule has 0 aliphatic heterocycles. The van der Waals surface area contributed by atoms with E-state index in [4.69, 9.17) is 12.2 Å². The predicted octanol–water partition coefficient (Wildman–Crippen LogP) is 3.90. The zero-order valence-corrected chi connectivity index (χ0v) is 13.6. The van der Waals surface area contributed by atoms with Crippen LogP contribution in [0.3, 0.4) is 0 Å². The van der Waals surface area contributed by atoms with Gasteiger partial charge in [-0.3, -0.25) is 0 Å². The van der Waals surface area contributed by atoms with Gasteiger partial charge >= 0.3 is 0 Å². The molecule has 0 saturated heterocycles. The van der Waals surface area contributed by atoms with Crippen LogP contribution in [0, 0.1) is 0 Å². The van der Waals surface area contributed by atoms with E-state index in [0.29, 0.717) is 0 Å². The zero-order valence-electron chi connectivity index (χ0n) is 11.9. The SMILES string of the molecule is CSCCCNC(=S)N(C)c1ccc2ccccc2c1. The van der Waals surface area contributed by atoms with Crippen LogP contribution < -0.4 is 10.2 Å². The fourth-order valence-electron chi connectivity index (χ4n) is 2.03. The Morgan fingerprint density at radius 3 is 2.70 bits per heavy atom. The summed E-state index contributed by atoms with van der Waals surface area (Å²) in [7, 11) is 2.01. The first-order valence-electron chi connectivity index (χ1n) is 6.71. The second-order valence-corrected chi connectivity index (χ2v) is 6.04. The number of anilines is 1. The molecule has 2 nitrogen and oxygen atoms in total. The first kappa shape index (κ1) is 15.1.